The number of hydrogen-bond donors (Lipinski definition) is 1. The second-order valence-electron chi connectivity index (χ2n) is 4.84. The Bertz CT molecular complexity index is 849. The Morgan fingerprint density at radius 3 is 2.71 bits per heavy atom. The van der Waals surface area contributed by atoms with Crippen LogP contribution < -0.4 is 10.1 Å². The Labute approximate surface area is 152 Å². The fourth-order valence-electron chi connectivity index (χ4n) is 2.17. The number of nitrogens with one attached hydrogen (secondary N) is 1. The van der Waals surface area contributed by atoms with Gasteiger partial charge in [-0.3, -0.25) is 4.79 Å². The highest BCUT2D eigenvalue weighted by Gasteiger charge is 2.19. The molecule has 24 heavy (non-hydrogen) atoms. The van der Waals surface area contributed by atoms with Crippen LogP contribution in [0.4, 0.5) is 5.69 Å². The van der Waals surface area contributed by atoms with Gasteiger partial charge in [-0.05, 0) is 42.7 Å². The molecule has 0 saturated carbocycles. The molecule has 0 aliphatic heterocycles. The number of amides is 1. The second-order valence-corrected chi connectivity index (χ2v) is 6.51. The van der Waals surface area contributed by atoms with Gasteiger partial charge in [0, 0.05) is 10.0 Å². The zero-order chi connectivity index (χ0) is 16.9. The average Bonchev–Trinajstić information content (AvgIpc) is 3.07. The molecule has 5 nitrogen and oxygen atoms in total. The van der Waals surface area contributed by atoms with Gasteiger partial charge in [0.25, 0.3) is 5.91 Å². The quantitative estimate of drug-likeness (QED) is 0.674. The third kappa shape index (κ3) is 3.63. The van der Waals surface area contributed by atoms with Crippen LogP contribution in [0.25, 0.3) is 11.3 Å². The zero-order valence-corrected chi connectivity index (χ0v) is 15.2. The van der Waals surface area contributed by atoms with Gasteiger partial charge in [-0.25, -0.2) is 0 Å². The van der Waals surface area contributed by atoms with E-state index in [-0.39, 0.29) is 5.91 Å². The lowest BCUT2D eigenvalue weighted by Gasteiger charge is -2.10. The van der Waals surface area contributed by atoms with E-state index in [0.29, 0.717) is 28.6 Å². The van der Waals surface area contributed by atoms with Crippen LogP contribution >= 0.6 is 27.5 Å². The number of halogens is 1. The molecule has 1 heterocycles. The number of para-hydroxylation sites is 2. The average molecular weight is 404 g/mol. The van der Waals surface area contributed by atoms with Crippen LogP contribution in [0.15, 0.2) is 53.0 Å². The molecule has 0 aliphatic rings. The Morgan fingerprint density at radius 1 is 1.21 bits per heavy atom. The van der Waals surface area contributed by atoms with Gasteiger partial charge in [-0.1, -0.05) is 44.7 Å². The van der Waals surface area contributed by atoms with Gasteiger partial charge < -0.3 is 10.1 Å². The van der Waals surface area contributed by atoms with Crippen LogP contribution in [-0.4, -0.2) is 22.1 Å². The van der Waals surface area contributed by atoms with E-state index in [1.165, 1.54) is 0 Å². The highest BCUT2D eigenvalue weighted by atomic mass is 79.9. The Hall–Kier alpha value is -2.25. The lowest BCUT2D eigenvalue weighted by molar-refractivity contribution is 0.103. The number of rotatable bonds is 5. The maximum atomic E-state index is 12.6. The van der Waals surface area contributed by atoms with Crippen molar-refractivity contribution in [2.75, 3.05) is 11.9 Å². The SMILES string of the molecule is CCOc1ccccc1NC(=O)c1snnc1-c1ccc(Br)cc1. The van der Waals surface area contributed by atoms with E-state index in [2.05, 4.69) is 30.8 Å². The molecule has 122 valence electrons. The first kappa shape index (κ1) is 16.6. The minimum atomic E-state index is -0.255. The number of anilines is 1. The van der Waals surface area contributed by atoms with Gasteiger partial charge in [-0.2, -0.15) is 0 Å². The highest BCUT2D eigenvalue weighted by Crippen LogP contribution is 2.28. The molecule has 2 aromatic carbocycles. The summed E-state index contributed by atoms with van der Waals surface area (Å²) in [7, 11) is 0. The van der Waals surface area contributed by atoms with E-state index in [0.717, 1.165) is 21.6 Å². The monoisotopic (exact) mass is 403 g/mol. The predicted octanol–water partition coefficient (Wildman–Crippen LogP) is 4.62. The lowest BCUT2D eigenvalue weighted by atomic mass is 10.1. The summed E-state index contributed by atoms with van der Waals surface area (Å²) in [4.78, 5) is 13.1. The molecular weight excluding hydrogens is 390 g/mol. The highest BCUT2D eigenvalue weighted by molar-refractivity contribution is 9.10. The third-order valence-corrected chi connectivity index (χ3v) is 4.50. The molecular formula is C17H14BrN3O2S. The van der Waals surface area contributed by atoms with Crippen molar-refractivity contribution >= 4 is 39.1 Å². The van der Waals surface area contributed by atoms with Crippen molar-refractivity contribution < 1.29 is 9.53 Å². The van der Waals surface area contributed by atoms with Gasteiger partial charge in [0.05, 0.1) is 12.3 Å². The van der Waals surface area contributed by atoms with E-state index < -0.39 is 0 Å². The first-order valence-electron chi connectivity index (χ1n) is 7.30. The molecule has 3 aromatic rings. The van der Waals surface area contributed by atoms with Crippen LogP contribution in [0.2, 0.25) is 0 Å². The molecule has 0 saturated heterocycles. The fourth-order valence-corrected chi connectivity index (χ4v) is 3.01. The third-order valence-electron chi connectivity index (χ3n) is 3.25. The van der Waals surface area contributed by atoms with Crippen LogP contribution in [0.1, 0.15) is 16.6 Å². The summed E-state index contributed by atoms with van der Waals surface area (Å²) in [5.41, 5.74) is 2.04. The normalized spacial score (nSPS) is 10.4. The number of ether oxygens (including phenoxy) is 1. The number of aromatic nitrogens is 2. The van der Waals surface area contributed by atoms with Crippen LogP contribution in [0.3, 0.4) is 0 Å². The Balaban J connectivity index is 1.87. The standard InChI is InChI=1S/C17H14BrN3O2S/c1-2-23-14-6-4-3-5-13(14)19-17(22)16-15(20-21-24-16)11-7-9-12(18)10-8-11/h3-10H,2H2,1H3,(H,19,22). The summed E-state index contributed by atoms with van der Waals surface area (Å²) in [5.74, 6) is 0.381. The van der Waals surface area contributed by atoms with Crippen LogP contribution in [-0.2, 0) is 0 Å². The molecule has 0 radical (unpaired) electrons. The van der Waals surface area contributed by atoms with Crippen molar-refractivity contribution in [3.05, 3.63) is 57.9 Å². The maximum Gasteiger partial charge on any atom is 0.269 e. The molecule has 1 N–H and O–H groups in total. The zero-order valence-electron chi connectivity index (χ0n) is 12.8. The predicted molar refractivity (Wildman–Crippen MR) is 98.6 cm³/mol. The number of benzene rings is 2. The van der Waals surface area contributed by atoms with Crippen LogP contribution in [0.5, 0.6) is 5.75 Å². The molecule has 3 rings (SSSR count). The summed E-state index contributed by atoms with van der Waals surface area (Å²) in [6.07, 6.45) is 0. The molecule has 7 heteroatoms. The minimum Gasteiger partial charge on any atom is -0.492 e. The molecule has 1 aromatic heterocycles. The van der Waals surface area contributed by atoms with Crippen molar-refractivity contribution in [2.45, 2.75) is 6.92 Å². The smallest absolute Gasteiger partial charge is 0.269 e. The largest absolute Gasteiger partial charge is 0.492 e. The molecule has 1 amide bonds. The van der Waals surface area contributed by atoms with Crippen molar-refractivity contribution in [1.82, 2.24) is 9.59 Å². The van der Waals surface area contributed by atoms with Gasteiger partial charge in [-0.15, -0.1) is 5.10 Å². The molecule has 0 atom stereocenters. The lowest BCUT2D eigenvalue weighted by Crippen LogP contribution is -2.12. The second kappa shape index (κ2) is 7.55. The van der Waals surface area contributed by atoms with Gasteiger partial charge in [0.2, 0.25) is 0 Å². The Kier molecular flexibility index (Phi) is 5.22. The number of carbonyl (C=O) groups is 1. The summed E-state index contributed by atoms with van der Waals surface area (Å²) >= 11 is 4.47. The molecule has 0 unspecified atom stereocenters. The van der Waals surface area contributed by atoms with Crippen molar-refractivity contribution in [3.63, 3.8) is 0 Å². The van der Waals surface area contributed by atoms with E-state index >= 15 is 0 Å². The number of hydrogen-bond acceptors (Lipinski definition) is 5. The molecule has 0 bridgehead atoms. The summed E-state index contributed by atoms with van der Waals surface area (Å²) in [6.45, 7) is 2.43. The first-order valence-corrected chi connectivity index (χ1v) is 8.87. The molecule has 0 spiro atoms. The van der Waals surface area contributed by atoms with Gasteiger partial charge in [0.1, 0.15) is 16.3 Å². The van der Waals surface area contributed by atoms with E-state index in [1.807, 2.05) is 49.4 Å². The Morgan fingerprint density at radius 2 is 1.96 bits per heavy atom. The molecule has 0 fully saturated rings. The topological polar surface area (TPSA) is 64.1 Å². The van der Waals surface area contributed by atoms with Crippen LogP contribution in [0, 0.1) is 0 Å². The van der Waals surface area contributed by atoms with Crippen molar-refractivity contribution in [3.8, 4) is 17.0 Å². The van der Waals surface area contributed by atoms with Crippen molar-refractivity contribution in [1.29, 1.82) is 0 Å². The first-order chi connectivity index (χ1) is 11.7. The fraction of sp³-hybridized carbons (Fsp3) is 0.118. The maximum absolute atomic E-state index is 12.6. The van der Waals surface area contributed by atoms with E-state index in [1.54, 1.807) is 6.07 Å². The summed E-state index contributed by atoms with van der Waals surface area (Å²) in [6, 6.07) is 14.9. The van der Waals surface area contributed by atoms with E-state index in [4.69, 9.17) is 4.74 Å². The summed E-state index contributed by atoms with van der Waals surface area (Å²) in [5, 5.41) is 6.98. The number of nitrogens with zero attached hydrogens (tertiary/aromatic N) is 2. The van der Waals surface area contributed by atoms with Gasteiger partial charge >= 0.3 is 0 Å². The molecule has 0 aliphatic carbocycles. The van der Waals surface area contributed by atoms with Gasteiger partial charge in [0.15, 0.2) is 0 Å². The minimum absolute atomic E-state index is 0.255. The number of carbonyl (C=O) groups excluding carboxylic acids is 1. The summed E-state index contributed by atoms with van der Waals surface area (Å²) < 4.78 is 10.4. The van der Waals surface area contributed by atoms with Crippen molar-refractivity contribution in [2.24, 2.45) is 0 Å². The van der Waals surface area contributed by atoms with E-state index in [9.17, 15) is 4.79 Å².